The molecule has 0 aromatic carbocycles. The summed E-state index contributed by atoms with van der Waals surface area (Å²) in [5.74, 6) is -0.244. The average Bonchev–Trinajstić information content (AvgIpc) is 2.67. The van der Waals surface area contributed by atoms with Crippen molar-refractivity contribution in [2.75, 3.05) is 0 Å². The Morgan fingerprint density at radius 1 is 0.870 bits per heavy atom. The first-order chi connectivity index (χ1) is 10.9. The van der Waals surface area contributed by atoms with Crippen molar-refractivity contribution in [3.63, 3.8) is 0 Å². The summed E-state index contributed by atoms with van der Waals surface area (Å²) in [6, 6.07) is -1.06. The van der Waals surface area contributed by atoms with E-state index in [9.17, 15) is 19.8 Å². The predicted molar refractivity (Wildman–Crippen MR) is 84.7 cm³/mol. The number of amides is 3. The average molecular weight is 324 g/mol. The molecule has 1 heterocycles. The van der Waals surface area contributed by atoms with Crippen LogP contribution in [0, 0.1) is 0 Å². The smallest absolute Gasteiger partial charge is 0.328 e. The summed E-state index contributed by atoms with van der Waals surface area (Å²) >= 11 is 0. The number of hydrogen-bond acceptors (Lipinski definition) is 4. The Hall–Kier alpha value is -1.14. The van der Waals surface area contributed by atoms with E-state index in [0.29, 0.717) is 19.3 Å². The number of carbonyl (C=O) groups excluding carboxylic acids is 2. The lowest BCUT2D eigenvalue weighted by molar-refractivity contribution is -0.136. The highest BCUT2D eigenvalue weighted by atomic mass is 16.3. The Bertz CT molecular complexity index is 493. The molecule has 3 fully saturated rings. The van der Waals surface area contributed by atoms with Crippen LogP contribution in [0.5, 0.6) is 0 Å². The van der Waals surface area contributed by atoms with Gasteiger partial charge in [0, 0.05) is 0 Å². The monoisotopic (exact) mass is 324 g/mol. The normalized spacial score (nSPS) is 38.3. The third kappa shape index (κ3) is 2.66. The van der Waals surface area contributed by atoms with Gasteiger partial charge in [0.15, 0.2) is 0 Å². The van der Waals surface area contributed by atoms with Crippen molar-refractivity contribution in [1.29, 1.82) is 0 Å². The number of hydrogen-bond donors (Lipinski definition) is 2. The Labute approximate surface area is 137 Å². The molecule has 23 heavy (non-hydrogen) atoms. The Morgan fingerprint density at radius 3 is 1.87 bits per heavy atom. The predicted octanol–water partition coefficient (Wildman–Crippen LogP) is 1.64. The molecule has 4 unspecified atom stereocenters. The van der Waals surface area contributed by atoms with E-state index in [1.165, 1.54) is 4.90 Å². The van der Waals surface area contributed by atoms with Crippen LogP contribution < -0.4 is 0 Å². The maximum Gasteiger partial charge on any atom is 0.328 e. The van der Waals surface area contributed by atoms with E-state index in [0.717, 1.165) is 32.1 Å². The molecule has 2 N–H and O–H groups in total. The van der Waals surface area contributed by atoms with E-state index in [-0.39, 0.29) is 18.0 Å². The second kappa shape index (κ2) is 6.06. The van der Waals surface area contributed by atoms with Gasteiger partial charge in [0.2, 0.25) is 0 Å². The number of urea groups is 1. The van der Waals surface area contributed by atoms with Gasteiger partial charge in [0.25, 0.3) is 5.91 Å². The summed E-state index contributed by atoms with van der Waals surface area (Å²) in [4.78, 5) is 28.8. The van der Waals surface area contributed by atoms with E-state index in [4.69, 9.17) is 0 Å². The molecule has 6 nitrogen and oxygen atoms in total. The highest BCUT2D eigenvalue weighted by Crippen LogP contribution is 2.38. The van der Waals surface area contributed by atoms with Gasteiger partial charge < -0.3 is 15.1 Å². The standard InChI is InChI=1S/C17H28N2O4/c1-17(2)15(22)18(11-7-3-5-9-13(11)20)16(23)19(17)12-8-4-6-10-14(12)21/h11-14,20-21H,3-10H2,1-2H3. The third-order valence-corrected chi connectivity index (χ3v) is 5.81. The van der Waals surface area contributed by atoms with E-state index >= 15 is 0 Å². The summed E-state index contributed by atoms with van der Waals surface area (Å²) in [6.45, 7) is 3.51. The summed E-state index contributed by atoms with van der Waals surface area (Å²) in [5, 5.41) is 20.6. The van der Waals surface area contributed by atoms with Crippen molar-refractivity contribution in [2.24, 2.45) is 0 Å². The van der Waals surface area contributed by atoms with E-state index in [1.54, 1.807) is 18.7 Å². The van der Waals surface area contributed by atoms with Crippen LogP contribution in [0.4, 0.5) is 4.79 Å². The molecule has 2 saturated carbocycles. The van der Waals surface area contributed by atoms with Crippen LogP contribution in [0.15, 0.2) is 0 Å². The molecule has 0 radical (unpaired) electrons. The largest absolute Gasteiger partial charge is 0.391 e. The minimum Gasteiger partial charge on any atom is -0.391 e. The molecule has 3 rings (SSSR count). The van der Waals surface area contributed by atoms with Crippen molar-refractivity contribution < 1.29 is 19.8 Å². The lowest BCUT2D eigenvalue weighted by Crippen LogP contribution is -2.55. The van der Waals surface area contributed by atoms with Crippen molar-refractivity contribution in [2.45, 2.75) is 95.0 Å². The molecule has 1 saturated heterocycles. The van der Waals surface area contributed by atoms with Gasteiger partial charge in [0.1, 0.15) is 5.54 Å². The molecule has 4 atom stereocenters. The van der Waals surface area contributed by atoms with Crippen molar-refractivity contribution in [1.82, 2.24) is 9.80 Å². The molecule has 2 aliphatic carbocycles. The number of rotatable bonds is 2. The minimum atomic E-state index is -0.961. The quantitative estimate of drug-likeness (QED) is 0.757. The van der Waals surface area contributed by atoms with E-state index < -0.39 is 23.8 Å². The van der Waals surface area contributed by atoms with Gasteiger partial charge in [-0.1, -0.05) is 25.7 Å². The molecular formula is C17H28N2O4. The summed E-state index contributed by atoms with van der Waals surface area (Å²) in [5.41, 5.74) is -0.961. The zero-order valence-corrected chi connectivity index (χ0v) is 14.1. The number of aliphatic hydroxyl groups is 2. The maximum atomic E-state index is 13.0. The van der Waals surface area contributed by atoms with Crippen LogP contribution in [0.25, 0.3) is 0 Å². The van der Waals surface area contributed by atoms with Crippen LogP contribution in [-0.4, -0.2) is 61.8 Å². The summed E-state index contributed by atoms with van der Waals surface area (Å²) in [7, 11) is 0. The fourth-order valence-electron chi connectivity index (χ4n) is 4.47. The Kier molecular flexibility index (Phi) is 4.40. The summed E-state index contributed by atoms with van der Waals surface area (Å²) in [6.07, 6.45) is 5.26. The van der Waals surface area contributed by atoms with Gasteiger partial charge in [-0.05, 0) is 39.5 Å². The molecule has 3 amide bonds. The van der Waals surface area contributed by atoms with Gasteiger partial charge in [-0.3, -0.25) is 9.69 Å². The van der Waals surface area contributed by atoms with E-state index in [2.05, 4.69) is 0 Å². The van der Waals surface area contributed by atoms with Crippen LogP contribution in [-0.2, 0) is 4.79 Å². The number of nitrogens with zero attached hydrogens (tertiary/aromatic N) is 2. The fourth-order valence-corrected chi connectivity index (χ4v) is 4.47. The Morgan fingerprint density at radius 2 is 1.35 bits per heavy atom. The maximum absolute atomic E-state index is 13.0. The molecule has 0 bridgehead atoms. The molecule has 0 aromatic rings. The lowest BCUT2D eigenvalue weighted by atomic mass is 9.88. The Balaban J connectivity index is 1.89. The number of imide groups is 1. The van der Waals surface area contributed by atoms with Crippen molar-refractivity contribution >= 4 is 11.9 Å². The molecular weight excluding hydrogens is 296 g/mol. The zero-order valence-electron chi connectivity index (χ0n) is 14.1. The van der Waals surface area contributed by atoms with Crippen molar-refractivity contribution in [3.05, 3.63) is 0 Å². The molecule has 6 heteroatoms. The SMILES string of the molecule is CC1(C)C(=O)N(C2CCCCC2O)C(=O)N1C1CCCCC1O. The number of carbonyl (C=O) groups is 2. The van der Waals surface area contributed by atoms with Gasteiger partial charge in [-0.25, -0.2) is 4.79 Å². The second-order valence-corrected chi connectivity index (χ2v) is 7.73. The van der Waals surface area contributed by atoms with Gasteiger partial charge in [-0.2, -0.15) is 0 Å². The van der Waals surface area contributed by atoms with Crippen LogP contribution in [0.3, 0.4) is 0 Å². The highest BCUT2D eigenvalue weighted by Gasteiger charge is 2.57. The van der Waals surface area contributed by atoms with Crippen molar-refractivity contribution in [3.8, 4) is 0 Å². The first-order valence-electron chi connectivity index (χ1n) is 8.89. The van der Waals surface area contributed by atoms with E-state index in [1.807, 2.05) is 0 Å². The lowest BCUT2D eigenvalue weighted by Gasteiger charge is -2.40. The van der Waals surface area contributed by atoms with Gasteiger partial charge in [0.05, 0.1) is 24.3 Å². The number of aliphatic hydroxyl groups excluding tert-OH is 2. The molecule has 3 aliphatic rings. The molecule has 0 spiro atoms. The first-order valence-corrected chi connectivity index (χ1v) is 8.89. The van der Waals surface area contributed by atoms with Crippen LogP contribution in [0.1, 0.15) is 65.2 Å². The zero-order chi connectivity index (χ0) is 16.8. The minimum absolute atomic E-state index is 0.244. The third-order valence-electron chi connectivity index (χ3n) is 5.81. The molecule has 1 aliphatic heterocycles. The van der Waals surface area contributed by atoms with Crippen LogP contribution in [0.2, 0.25) is 0 Å². The fraction of sp³-hybridized carbons (Fsp3) is 0.882. The van der Waals surface area contributed by atoms with Crippen LogP contribution >= 0.6 is 0 Å². The molecule has 0 aromatic heterocycles. The summed E-state index contributed by atoms with van der Waals surface area (Å²) < 4.78 is 0. The second-order valence-electron chi connectivity index (χ2n) is 7.73. The molecule has 130 valence electrons. The first kappa shape index (κ1) is 16.7. The van der Waals surface area contributed by atoms with Gasteiger partial charge in [-0.15, -0.1) is 0 Å². The topological polar surface area (TPSA) is 81.1 Å². The highest BCUT2D eigenvalue weighted by molar-refractivity contribution is 6.07. The van der Waals surface area contributed by atoms with Gasteiger partial charge >= 0.3 is 6.03 Å².